The van der Waals surface area contributed by atoms with Crippen molar-refractivity contribution in [1.29, 1.82) is 0 Å². The van der Waals surface area contributed by atoms with Crippen molar-refractivity contribution in [2.45, 2.75) is 19.5 Å². The van der Waals surface area contributed by atoms with Crippen LogP contribution in [-0.2, 0) is 16.1 Å². The molecule has 1 saturated heterocycles. The largest absolute Gasteiger partial charge is 0.507 e. The van der Waals surface area contributed by atoms with Gasteiger partial charge in [0.2, 0.25) is 0 Å². The molecule has 1 N–H and O–H groups in total. The SMILES string of the molecule is COc1ccc(C(O)=C2C(=O)C(=O)N(Cc3cccnc3)[C@@H]2c2cccs2)cc1C. The van der Waals surface area contributed by atoms with Crippen LogP contribution < -0.4 is 4.74 Å². The number of aliphatic hydroxyl groups excluding tert-OH is 1. The van der Waals surface area contributed by atoms with Crippen LogP contribution >= 0.6 is 11.3 Å². The summed E-state index contributed by atoms with van der Waals surface area (Å²) in [5, 5.41) is 13.0. The number of ketones is 1. The second-order valence-electron chi connectivity index (χ2n) is 6.99. The Morgan fingerprint density at radius 3 is 2.70 bits per heavy atom. The molecule has 6 nitrogen and oxygen atoms in total. The van der Waals surface area contributed by atoms with Gasteiger partial charge in [-0.3, -0.25) is 14.6 Å². The van der Waals surface area contributed by atoms with Crippen LogP contribution in [0.25, 0.3) is 5.76 Å². The molecule has 0 radical (unpaired) electrons. The Hall–Kier alpha value is -3.45. The van der Waals surface area contributed by atoms with Crippen molar-refractivity contribution in [3.63, 3.8) is 0 Å². The highest BCUT2D eigenvalue weighted by molar-refractivity contribution is 7.10. The molecule has 1 aromatic carbocycles. The van der Waals surface area contributed by atoms with Crippen molar-refractivity contribution in [1.82, 2.24) is 9.88 Å². The van der Waals surface area contributed by atoms with E-state index in [0.29, 0.717) is 11.3 Å². The molecule has 0 aliphatic carbocycles. The highest BCUT2D eigenvalue weighted by Gasteiger charge is 2.46. The zero-order valence-electron chi connectivity index (χ0n) is 16.5. The van der Waals surface area contributed by atoms with Crippen molar-refractivity contribution in [2.24, 2.45) is 0 Å². The lowest BCUT2D eigenvalue weighted by atomic mass is 9.98. The molecule has 0 spiro atoms. The molecule has 4 rings (SSSR count). The normalized spacial score (nSPS) is 18.1. The van der Waals surface area contributed by atoms with Gasteiger partial charge in [-0.1, -0.05) is 12.1 Å². The Bertz CT molecular complexity index is 1120. The number of nitrogens with zero attached hydrogens (tertiary/aromatic N) is 2. The second-order valence-corrected chi connectivity index (χ2v) is 7.97. The van der Waals surface area contributed by atoms with Gasteiger partial charge < -0.3 is 14.7 Å². The second kappa shape index (κ2) is 8.12. The van der Waals surface area contributed by atoms with Crippen molar-refractivity contribution >= 4 is 28.8 Å². The van der Waals surface area contributed by atoms with E-state index < -0.39 is 17.7 Å². The fourth-order valence-corrected chi connectivity index (χ4v) is 4.50. The Labute approximate surface area is 178 Å². The van der Waals surface area contributed by atoms with E-state index in [1.807, 2.05) is 30.5 Å². The number of pyridine rings is 1. The maximum absolute atomic E-state index is 13.0. The number of aliphatic hydroxyl groups is 1. The molecule has 3 heterocycles. The third-order valence-electron chi connectivity index (χ3n) is 5.10. The predicted octanol–water partition coefficient (Wildman–Crippen LogP) is 4.08. The molecule has 152 valence electrons. The summed E-state index contributed by atoms with van der Waals surface area (Å²) in [6.45, 7) is 2.08. The number of thiophene rings is 1. The first-order valence-electron chi connectivity index (χ1n) is 9.37. The molecule has 1 fully saturated rings. The summed E-state index contributed by atoms with van der Waals surface area (Å²) in [6, 6.07) is 11.9. The quantitative estimate of drug-likeness (QED) is 0.382. The number of amides is 1. The molecule has 30 heavy (non-hydrogen) atoms. The Morgan fingerprint density at radius 2 is 2.07 bits per heavy atom. The summed E-state index contributed by atoms with van der Waals surface area (Å²) in [6.07, 6.45) is 3.32. The number of methoxy groups -OCH3 is 1. The monoisotopic (exact) mass is 420 g/mol. The topological polar surface area (TPSA) is 79.7 Å². The molecule has 0 saturated carbocycles. The first-order valence-corrected chi connectivity index (χ1v) is 10.2. The van der Waals surface area contributed by atoms with E-state index in [0.717, 1.165) is 16.0 Å². The van der Waals surface area contributed by atoms with E-state index >= 15 is 0 Å². The molecule has 0 unspecified atom stereocenters. The predicted molar refractivity (Wildman–Crippen MR) is 114 cm³/mol. The number of hydrogen-bond donors (Lipinski definition) is 1. The molecule has 3 aromatic rings. The summed E-state index contributed by atoms with van der Waals surface area (Å²) in [4.78, 5) is 32.3. The number of ether oxygens (including phenoxy) is 1. The Morgan fingerprint density at radius 1 is 1.23 bits per heavy atom. The van der Waals surface area contributed by atoms with E-state index in [-0.39, 0.29) is 17.9 Å². The molecular formula is C23H20N2O4S. The van der Waals surface area contributed by atoms with Crippen LogP contribution in [0.5, 0.6) is 5.75 Å². The lowest BCUT2D eigenvalue weighted by molar-refractivity contribution is -0.140. The van der Waals surface area contributed by atoms with Crippen LogP contribution in [0.4, 0.5) is 0 Å². The molecule has 0 bridgehead atoms. The van der Waals surface area contributed by atoms with Gasteiger partial charge in [-0.15, -0.1) is 11.3 Å². The Balaban J connectivity index is 1.83. The standard InChI is InChI=1S/C23H20N2O4S/c1-14-11-16(7-8-17(14)29-2)21(26)19-20(18-6-4-10-30-18)25(23(28)22(19)27)13-15-5-3-9-24-12-15/h3-12,20,26H,13H2,1-2H3/t20-/m1/s1. The lowest BCUT2D eigenvalue weighted by Gasteiger charge is -2.24. The van der Waals surface area contributed by atoms with Crippen LogP contribution in [0, 0.1) is 6.92 Å². The maximum atomic E-state index is 13.0. The van der Waals surface area contributed by atoms with Gasteiger partial charge in [0.05, 0.1) is 18.7 Å². The first kappa shape index (κ1) is 19.8. The van der Waals surface area contributed by atoms with Crippen LogP contribution in [0.15, 0.2) is 65.8 Å². The van der Waals surface area contributed by atoms with E-state index in [1.165, 1.54) is 16.2 Å². The number of carbonyl (C=O) groups is 2. The maximum Gasteiger partial charge on any atom is 0.295 e. The molecule has 1 amide bonds. The van der Waals surface area contributed by atoms with Crippen molar-refractivity contribution < 1.29 is 19.4 Å². The average Bonchev–Trinajstić information content (AvgIpc) is 3.37. The van der Waals surface area contributed by atoms with Gasteiger partial charge in [0.25, 0.3) is 11.7 Å². The van der Waals surface area contributed by atoms with Crippen molar-refractivity contribution in [3.8, 4) is 5.75 Å². The summed E-state index contributed by atoms with van der Waals surface area (Å²) in [5.74, 6) is -0.836. The van der Waals surface area contributed by atoms with E-state index in [1.54, 1.807) is 43.8 Å². The summed E-state index contributed by atoms with van der Waals surface area (Å²) in [7, 11) is 1.57. The zero-order valence-corrected chi connectivity index (χ0v) is 17.3. The zero-order chi connectivity index (χ0) is 21.3. The third kappa shape index (κ3) is 3.48. The molecule has 2 aromatic heterocycles. The van der Waals surface area contributed by atoms with Gasteiger partial charge in [-0.2, -0.15) is 0 Å². The van der Waals surface area contributed by atoms with E-state index in [2.05, 4.69) is 4.98 Å². The fourth-order valence-electron chi connectivity index (χ4n) is 3.66. The van der Waals surface area contributed by atoms with Crippen LogP contribution in [0.1, 0.15) is 27.6 Å². The molecular weight excluding hydrogens is 400 g/mol. The smallest absolute Gasteiger partial charge is 0.295 e. The number of carbonyl (C=O) groups excluding carboxylic acids is 2. The molecule has 1 aliphatic rings. The highest BCUT2D eigenvalue weighted by Crippen LogP contribution is 2.42. The molecule has 7 heteroatoms. The van der Waals surface area contributed by atoms with Gasteiger partial charge in [-0.25, -0.2) is 0 Å². The fraction of sp³-hybridized carbons (Fsp3) is 0.174. The van der Waals surface area contributed by atoms with Crippen LogP contribution in [0.3, 0.4) is 0 Å². The number of aryl methyl sites for hydroxylation is 1. The minimum atomic E-state index is -0.691. The number of rotatable bonds is 5. The lowest BCUT2D eigenvalue weighted by Crippen LogP contribution is -2.28. The van der Waals surface area contributed by atoms with E-state index in [4.69, 9.17) is 4.74 Å². The van der Waals surface area contributed by atoms with Gasteiger partial charge in [0, 0.05) is 29.4 Å². The van der Waals surface area contributed by atoms with Crippen LogP contribution in [-0.4, -0.2) is 33.8 Å². The molecule has 1 atom stereocenters. The molecule has 1 aliphatic heterocycles. The van der Waals surface area contributed by atoms with Gasteiger partial charge in [0.15, 0.2) is 0 Å². The average molecular weight is 420 g/mol. The Kier molecular flexibility index (Phi) is 5.37. The van der Waals surface area contributed by atoms with Crippen LogP contribution in [0.2, 0.25) is 0 Å². The van der Waals surface area contributed by atoms with Gasteiger partial charge in [0.1, 0.15) is 11.5 Å². The van der Waals surface area contributed by atoms with Gasteiger partial charge in [-0.05, 0) is 53.8 Å². The minimum absolute atomic E-state index is 0.0934. The third-order valence-corrected chi connectivity index (χ3v) is 6.02. The van der Waals surface area contributed by atoms with Crippen molar-refractivity contribution in [3.05, 3.63) is 87.4 Å². The van der Waals surface area contributed by atoms with Crippen molar-refractivity contribution in [2.75, 3.05) is 7.11 Å². The number of Topliss-reactive ketones (excluding diaryl/α,β-unsaturated/α-hetero) is 1. The number of benzene rings is 1. The summed E-state index contributed by atoms with van der Waals surface area (Å²) >= 11 is 1.44. The number of likely N-dealkylation sites (tertiary alicyclic amines) is 1. The van der Waals surface area contributed by atoms with E-state index in [9.17, 15) is 14.7 Å². The highest BCUT2D eigenvalue weighted by atomic mass is 32.1. The number of aromatic nitrogens is 1. The minimum Gasteiger partial charge on any atom is -0.507 e. The number of hydrogen-bond acceptors (Lipinski definition) is 6. The van der Waals surface area contributed by atoms with Gasteiger partial charge >= 0.3 is 0 Å². The summed E-state index contributed by atoms with van der Waals surface area (Å²) in [5.41, 5.74) is 2.19. The first-order chi connectivity index (χ1) is 14.5. The summed E-state index contributed by atoms with van der Waals surface area (Å²) < 4.78 is 5.28.